The van der Waals surface area contributed by atoms with Crippen molar-refractivity contribution in [2.45, 2.75) is 32.4 Å². The number of hydrogen-bond acceptors (Lipinski definition) is 4. The van der Waals surface area contributed by atoms with Gasteiger partial charge >= 0.3 is 0 Å². The largest absolute Gasteiger partial charge is 0.478 e. The van der Waals surface area contributed by atoms with E-state index in [2.05, 4.69) is 39.5 Å². The van der Waals surface area contributed by atoms with E-state index in [0.717, 1.165) is 38.2 Å². The predicted molar refractivity (Wildman–Crippen MR) is 100 cm³/mol. The van der Waals surface area contributed by atoms with E-state index in [1.165, 1.54) is 17.8 Å². The number of pyridine rings is 1. The topological polar surface area (TPSA) is 74.4 Å². The van der Waals surface area contributed by atoms with Gasteiger partial charge in [0.15, 0.2) is 12.4 Å². The average Bonchev–Trinajstić information content (AvgIpc) is 2.63. The number of nitrogens with one attached hydrogen (secondary N) is 2. The lowest BCUT2D eigenvalue weighted by Gasteiger charge is -2.32. The van der Waals surface area contributed by atoms with E-state index in [1.54, 1.807) is 6.92 Å². The molecule has 3 rings (SSSR count). The molecule has 138 valence electrons. The molecule has 0 saturated carbocycles. The van der Waals surface area contributed by atoms with Gasteiger partial charge in [-0.15, -0.1) is 0 Å². The standard InChI is InChI=1S/C20H25N3O3/c1-15-11-18(24)19(12-21-15)26-14-20(25)22-17-7-9-23(10-8-17)13-16-5-3-2-4-6-16/h2-6,11-12,17H,7-10,13-14H2,1H3,(H,21,24)(H,22,25). The molecule has 26 heavy (non-hydrogen) atoms. The lowest BCUT2D eigenvalue weighted by atomic mass is 10.0. The smallest absolute Gasteiger partial charge is 0.258 e. The summed E-state index contributed by atoms with van der Waals surface area (Å²) >= 11 is 0. The van der Waals surface area contributed by atoms with Crippen molar-refractivity contribution in [3.63, 3.8) is 0 Å². The first-order chi connectivity index (χ1) is 12.6. The van der Waals surface area contributed by atoms with Crippen molar-refractivity contribution in [1.29, 1.82) is 0 Å². The molecule has 1 aliphatic rings. The number of aromatic nitrogens is 1. The zero-order valence-electron chi connectivity index (χ0n) is 15.0. The van der Waals surface area contributed by atoms with Crippen molar-refractivity contribution in [3.8, 4) is 5.75 Å². The van der Waals surface area contributed by atoms with Crippen LogP contribution in [0.4, 0.5) is 0 Å². The van der Waals surface area contributed by atoms with E-state index in [0.29, 0.717) is 0 Å². The molecule has 0 bridgehead atoms. The molecule has 6 heteroatoms. The van der Waals surface area contributed by atoms with Crippen LogP contribution >= 0.6 is 0 Å². The summed E-state index contributed by atoms with van der Waals surface area (Å²) in [7, 11) is 0. The van der Waals surface area contributed by atoms with Gasteiger partial charge in [0.2, 0.25) is 5.43 Å². The van der Waals surface area contributed by atoms with Gasteiger partial charge in [0.05, 0.1) is 0 Å². The Morgan fingerprint density at radius 1 is 1.27 bits per heavy atom. The molecule has 1 saturated heterocycles. The summed E-state index contributed by atoms with van der Waals surface area (Å²) in [6.07, 6.45) is 3.33. The number of aromatic amines is 1. The van der Waals surface area contributed by atoms with E-state index in [4.69, 9.17) is 4.74 Å². The third-order valence-corrected chi connectivity index (χ3v) is 4.58. The Hall–Kier alpha value is -2.60. The fraction of sp³-hybridized carbons (Fsp3) is 0.400. The quantitative estimate of drug-likeness (QED) is 0.829. The summed E-state index contributed by atoms with van der Waals surface area (Å²) in [5.41, 5.74) is 1.85. The van der Waals surface area contributed by atoms with Crippen LogP contribution in [0.15, 0.2) is 47.4 Å². The first kappa shape index (κ1) is 18.2. The maximum atomic E-state index is 12.1. The summed E-state index contributed by atoms with van der Waals surface area (Å²) in [5.74, 6) is -0.0186. The summed E-state index contributed by atoms with van der Waals surface area (Å²) < 4.78 is 5.33. The molecule has 1 aromatic heterocycles. The van der Waals surface area contributed by atoms with E-state index in [-0.39, 0.29) is 29.7 Å². The van der Waals surface area contributed by atoms with Crippen LogP contribution in [0.3, 0.4) is 0 Å². The van der Waals surface area contributed by atoms with E-state index in [1.807, 2.05) is 6.07 Å². The van der Waals surface area contributed by atoms with E-state index >= 15 is 0 Å². The van der Waals surface area contributed by atoms with Gasteiger partial charge in [0, 0.05) is 43.6 Å². The number of rotatable bonds is 6. The lowest BCUT2D eigenvalue weighted by molar-refractivity contribution is -0.124. The molecule has 2 N–H and O–H groups in total. The second kappa shape index (κ2) is 8.67. The Balaban J connectivity index is 1.40. The zero-order valence-corrected chi connectivity index (χ0v) is 15.0. The molecule has 0 radical (unpaired) electrons. The van der Waals surface area contributed by atoms with Crippen molar-refractivity contribution >= 4 is 5.91 Å². The number of piperidine rings is 1. The molecule has 0 aliphatic carbocycles. The average molecular weight is 355 g/mol. The van der Waals surface area contributed by atoms with E-state index in [9.17, 15) is 9.59 Å². The number of benzene rings is 1. The number of H-pyrrole nitrogens is 1. The first-order valence-electron chi connectivity index (χ1n) is 8.98. The number of carbonyl (C=O) groups excluding carboxylic acids is 1. The summed E-state index contributed by atoms with van der Waals surface area (Å²) in [6, 6.07) is 12.0. The third-order valence-electron chi connectivity index (χ3n) is 4.58. The van der Waals surface area contributed by atoms with Gasteiger partial charge in [-0.2, -0.15) is 0 Å². The predicted octanol–water partition coefficient (Wildman–Crippen LogP) is 1.84. The number of carbonyl (C=O) groups is 1. The summed E-state index contributed by atoms with van der Waals surface area (Å²) in [5, 5.41) is 3.00. The van der Waals surface area contributed by atoms with E-state index < -0.39 is 0 Å². The Labute approximate surface area is 153 Å². The normalized spacial score (nSPS) is 15.6. The molecule has 2 heterocycles. The number of amides is 1. The highest BCUT2D eigenvalue weighted by Gasteiger charge is 2.21. The SMILES string of the molecule is Cc1cc(=O)c(OCC(=O)NC2CCN(Cc3ccccc3)CC2)c[nH]1. The summed E-state index contributed by atoms with van der Waals surface area (Å²) in [4.78, 5) is 29.1. The van der Waals surface area contributed by atoms with Crippen LogP contribution in [0.1, 0.15) is 24.1 Å². The zero-order chi connectivity index (χ0) is 18.4. The van der Waals surface area contributed by atoms with Gasteiger partial charge < -0.3 is 15.0 Å². The fourth-order valence-corrected chi connectivity index (χ4v) is 3.16. The first-order valence-corrected chi connectivity index (χ1v) is 8.98. The van der Waals surface area contributed by atoms with Crippen molar-refractivity contribution in [1.82, 2.24) is 15.2 Å². The van der Waals surface area contributed by atoms with Crippen LogP contribution in [0, 0.1) is 6.92 Å². The van der Waals surface area contributed by atoms with Crippen LogP contribution in [0.5, 0.6) is 5.75 Å². The molecule has 2 aromatic rings. The van der Waals surface area contributed by atoms with Crippen molar-refractivity contribution in [3.05, 3.63) is 64.1 Å². The van der Waals surface area contributed by atoms with Crippen molar-refractivity contribution in [2.75, 3.05) is 19.7 Å². The molecule has 1 aromatic carbocycles. The number of nitrogens with zero attached hydrogens (tertiary/aromatic N) is 1. The highest BCUT2D eigenvalue weighted by Crippen LogP contribution is 2.13. The minimum atomic E-state index is -0.219. The Morgan fingerprint density at radius 3 is 2.69 bits per heavy atom. The molecule has 6 nitrogen and oxygen atoms in total. The van der Waals surface area contributed by atoms with Gasteiger partial charge in [-0.1, -0.05) is 30.3 Å². The Bertz CT molecular complexity index is 780. The van der Waals surface area contributed by atoms with Crippen LogP contribution < -0.4 is 15.5 Å². The molecule has 0 spiro atoms. The number of hydrogen-bond donors (Lipinski definition) is 2. The van der Waals surface area contributed by atoms with Crippen LogP contribution in [-0.4, -0.2) is 41.5 Å². The monoisotopic (exact) mass is 355 g/mol. The van der Waals surface area contributed by atoms with Gasteiger partial charge in [-0.05, 0) is 25.3 Å². The molecular weight excluding hydrogens is 330 g/mol. The Kier molecular flexibility index (Phi) is 6.07. The molecule has 1 aliphatic heterocycles. The van der Waals surface area contributed by atoms with Gasteiger partial charge in [-0.25, -0.2) is 0 Å². The Morgan fingerprint density at radius 2 is 2.00 bits per heavy atom. The van der Waals surface area contributed by atoms with Crippen molar-refractivity contribution in [2.24, 2.45) is 0 Å². The van der Waals surface area contributed by atoms with Crippen LogP contribution in [0.25, 0.3) is 0 Å². The third kappa shape index (κ3) is 5.20. The molecule has 0 atom stereocenters. The maximum absolute atomic E-state index is 12.1. The molecule has 1 fully saturated rings. The lowest BCUT2D eigenvalue weighted by Crippen LogP contribution is -2.45. The van der Waals surface area contributed by atoms with Gasteiger partial charge in [0.1, 0.15) is 0 Å². The minimum absolute atomic E-state index is 0.142. The maximum Gasteiger partial charge on any atom is 0.258 e. The highest BCUT2D eigenvalue weighted by molar-refractivity contribution is 5.77. The van der Waals surface area contributed by atoms with Crippen LogP contribution in [0.2, 0.25) is 0 Å². The van der Waals surface area contributed by atoms with Crippen LogP contribution in [-0.2, 0) is 11.3 Å². The van der Waals surface area contributed by atoms with Gasteiger partial charge in [-0.3, -0.25) is 14.5 Å². The number of aryl methyl sites for hydroxylation is 1. The van der Waals surface area contributed by atoms with Gasteiger partial charge in [0.25, 0.3) is 5.91 Å². The summed E-state index contributed by atoms with van der Waals surface area (Å²) in [6.45, 7) is 4.51. The minimum Gasteiger partial charge on any atom is -0.478 e. The number of ether oxygens (including phenoxy) is 1. The second-order valence-electron chi connectivity index (χ2n) is 6.74. The molecule has 1 amide bonds. The number of likely N-dealkylation sites (tertiary alicyclic amines) is 1. The molecule has 0 unspecified atom stereocenters. The fourth-order valence-electron chi connectivity index (χ4n) is 3.16. The molecular formula is C20H25N3O3. The highest BCUT2D eigenvalue weighted by atomic mass is 16.5. The van der Waals surface area contributed by atoms with Crippen molar-refractivity contribution < 1.29 is 9.53 Å². The second-order valence-corrected chi connectivity index (χ2v) is 6.74.